The first-order valence-corrected chi connectivity index (χ1v) is 10.9. The molecule has 5 nitrogen and oxygen atoms in total. The van der Waals surface area contributed by atoms with Crippen molar-refractivity contribution in [3.63, 3.8) is 0 Å². The molecule has 0 spiro atoms. The summed E-state index contributed by atoms with van der Waals surface area (Å²) < 4.78 is 5.60. The number of carboxylic acid groups (broad SMARTS) is 1. The van der Waals surface area contributed by atoms with Crippen molar-refractivity contribution in [2.24, 2.45) is 5.92 Å². The standard InChI is InChI=1S/C25H29NO4/c27-24(28)15-18(14-17-8-2-1-3-9-17)26-25(29)30-16-23-21-12-6-4-10-19(21)20-11-5-7-13-22(20)23/h4-7,10-13,17-18,23H,1-3,8-9,14-16H2,(H,26,29)(H,27,28)/t18-/m1/s1. The molecule has 2 N–H and O–H groups in total. The summed E-state index contributed by atoms with van der Waals surface area (Å²) in [6.45, 7) is 0.239. The predicted molar refractivity (Wildman–Crippen MR) is 115 cm³/mol. The number of carbonyl (C=O) groups excluding carboxylic acids is 1. The maximum atomic E-state index is 12.5. The lowest BCUT2D eigenvalue weighted by molar-refractivity contribution is -0.137. The summed E-state index contributed by atoms with van der Waals surface area (Å²) in [4.78, 5) is 23.8. The van der Waals surface area contributed by atoms with Gasteiger partial charge in [-0.3, -0.25) is 4.79 Å². The minimum absolute atomic E-state index is 0.000539. The van der Waals surface area contributed by atoms with Gasteiger partial charge in [-0.05, 0) is 34.6 Å². The summed E-state index contributed by atoms with van der Waals surface area (Å²) in [5.41, 5.74) is 4.69. The van der Waals surface area contributed by atoms with Crippen LogP contribution < -0.4 is 5.32 Å². The van der Waals surface area contributed by atoms with E-state index in [0.29, 0.717) is 12.3 Å². The van der Waals surface area contributed by atoms with E-state index in [2.05, 4.69) is 29.6 Å². The van der Waals surface area contributed by atoms with Gasteiger partial charge in [-0.2, -0.15) is 0 Å². The first kappa shape index (κ1) is 20.5. The molecule has 0 radical (unpaired) electrons. The van der Waals surface area contributed by atoms with E-state index in [9.17, 15) is 14.7 Å². The normalized spacial score (nSPS) is 17.1. The van der Waals surface area contributed by atoms with E-state index < -0.39 is 12.1 Å². The molecule has 0 saturated heterocycles. The molecule has 2 aromatic rings. The number of rotatable bonds is 7. The van der Waals surface area contributed by atoms with Crippen LogP contribution in [0.15, 0.2) is 48.5 Å². The van der Waals surface area contributed by atoms with Crippen LogP contribution >= 0.6 is 0 Å². The Morgan fingerprint density at radius 1 is 0.967 bits per heavy atom. The van der Waals surface area contributed by atoms with Gasteiger partial charge in [-0.25, -0.2) is 4.79 Å². The second kappa shape index (κ2) is 9.33. The molecular formula is C25H29NO4. The molecule has 30 heavy (non-hydrogen) atoms. The summed E-state index contributed by atoms with van der Waals surface area (Å²) in [6.07, 6.45) is 5.96. The number of carboxylic acids is 1. The second-order valence-electron chi connectivity index (χ2n) is 8.50. The molecule has 0 unspecified atom stereocenters. The minimum atomic E-state index is -0.894. The fourth-order valence-electron chi connectivity index (χ4n) is 5.04. The van der Waals surface area contributed by atoms with E-state index in [1.807, 2.05) is 24.3 Å². The summed E-state index contributed by atoms with van der Waals surface area (Å²) >= 11 is 0. The first-order chi connectivity index (χ1) is 14.6. The highest BCUT2D eigenvalue weighted by Crippen LogP contribution is 2.44. The Hall–Kier alpha value is -2.82. The zero-order chi connectivity index (χ0) is 20.9. The molecule has 5 heteroatoms. The van der Waals surface area contributed by atoms with Crippen LogP contribution in [-0.2, 0) is 9.53 Å². The van der Waals surface area contributed by atoms with E-state index in [1.54, 1.807) is 0 Å². The lowest BCUT2D eigenvalue weighted by Crippen LogP contribution is -2.39. The lowest BCUT2D eigenvalue weighted by Gasteiger charge is -2.26. The molecule has 0 aromatic heterocycles. The van der Waals surface area contributed by atoms with Gasteiger partial charge >= 0.3 is 12.1 Å². The molecule has 2 aromatic carbocycles. The number of nitrogens with one attached hydrogen (secondary N) is 1. The number of amides is 1. The molecule has 1 atom stereocenters. The summed E-state index contributed by atoms with van der Waals surface area (Å²) in [5.74, 6) is -0.411. The van der Waals surface area contributed by atoms with Gasteiger partial charge in [-0.1, -0.05) is 80.6 Å². The highest BCUT2D eigenvalue weighted by atomic mass is 16.5. The van der Waals surface area contributed by atoms with Crippen LogP contribution in [0.25, 0.3) is 11.1 Å². The van der Waals surface area contributed by atoms with E-state index in [1.165, 1.54) is 30.4 Å². The number of hydrogen-bond acceptors (Lipinski definition) is 3. The largest absolute Gasteiger partial charge is 0.481 e. The van der Waals surface area contributed by atoms with E-state index in [0.717, 1.165) is 24.0 Å². The van der Waals surface area contributed by atoms with Crippen molar-refractivity contribution < 1.29 is 19.4 Å². The molecule has 2 aliphatic carbocycles. The Bertz CT molecular complexity index is 858. The van der Waals surface area contributed by atoms with Crippen LogP contribution in [0.2, 0.25) is 0 Å². The average Bonchev–Trinajstić information content (AvgIpc) is 3.06. The number of fused-ring (bicyclic) bond motifs is 3. The Morgan fingerprint density at radius 2 is 1.57 bits per heavy atom. The van der Waals surface area contributed by atoms with Crippen molar-refractivity contribution in [2.45, 2.75) is 56.9 Å². The SMILES string of the molecule is O=C(O)C[C@@H](CC1CCCCC1)NC(=O)OCC1c2ccccc2-c2ccccc21. The maximum absolute atomic E-state index is 12.5. The van der Waals surface area contributed by atoms with Crippen LogP contribution in [0.5, 0.6) is 0 Å². The molecule has 0 heterocycles. The minimum Gasteiger partial charge on any atom is -0.481 e. The Kier molecular flexibility index (Phi) is 6.36. The van der Waals surface area contributed by atoms with Gasteiger partial charge in [0.1, 0.15) is 6.61 Å². The van der Waals surface area contributed by atoms with E-state index >= 15 is 0 Å². The smallest absolute Gasteiger partial charge is 0.407 e. The zero-order valence-electron chi connectivity index (χ0n) is 17.2. The van der Waals surface area contributed by atoms with Gasteiger partial charge in [0, 0.05) is 12.0 Å². The molecule has 1 fully saturated rings. The van der Waals surface area contributed by atoms with Gasteiger partial charge in [0.05, 0.1) is 6.42 Å². The van der Waals surface area contributed by atoms with Crippen molar-refractivity contribution in [1.82, 2.24) is 5.32 Å². The Labute approximate surface area is 177 Å². The highest BCUT2D eigenvalue weighted by Gasteiger charge is 2.29. The van der Waals surface area contributed by atoms with Crippen molar-refractivity contribution in [1.29, 1.82) is 0 Å². The zero-order valence-corrected chi connectivity index (χ0v) is 17.2. The summed E-state index contributed by atoms with van der Waals surface area (Å²) in [7, 11) is 0. The topological polar surface area (TPSA) is 75.6 Å². The quantitative estimate of drug-likeness (QED) is 0.650. The number of alkyl carbamates (subject to hydrolysis) is 1. The lowest BCUT2D eigenvalue weighted by atomic mass is 9.84. The van der Waals surface area contributed by atoms with Gasteiger partial charge in [0.2, 0.25) is 0 Å². The summed E-state index contributed by atoms with van der Waals surface area (Å²) in [5, 5.41) is 12.1. The predicted octanol–water partition coefficient (Wildman–Crippen LogP) is 5.34. The molecule has 4 rings (SSSR count). The van der Waals surface area contributed by atoms with Crippen LogP contribution in [0.4, 0.5) is 4.79 Å². The third kappa shape index (κ3) is 4.66. The molecule has 0 bridgehead atoms. The molecular weight excluding hydrogens is 378 g/mol. The maximum Gasteiger partial charge on any atom is 0.407 e. The van der Waals surface area contributed by atoms with Gasteiger partial charge in [-0.15, -0.1) is 0 Å². The van der Waals surface area contributed by atoms with Crippen LogP contribution in [0, 0.1) is 5.92 Å². The van der Waals surface area contributed by atoms with E-state index in [4.69, 9.17) is 4.74 Å². The van der Waals surface area contributed by atoms with Crippen molar-refractivity contribution in [3.8, 4) is 11.1 Å². The fourth-order valence-corrected chi connectivity index (χ4v) is 5.04. The van der Waals surface area contributed by atoms with E-state index in [-0.39, 0.29) is 25.0 Å². The molecule has 1 saturated carbocycles. The third-order valence-corrected chi connectivity index (χ3v) is 6.43. The Balaban J connectivity index is 1.39. The van der Waals surface area contributed by atoms with Crippen molar-refractivity contribution in [3.05, 3.63) is 59.7 Å². The molecule has 1 amide bonds. The monoisotopic (exact) mass is 407 g/mol. The van der Waals surface area contributed by atoms with Crippen LogP contribution in [-0.4, -0.2) is 29.8 Å². The molecule has 2 aliphatic rings. The number of ether oxygens (including phenoxy) is 1. The molecule has 158 valence electrons. The summed E-state index contributed by atoms with van der Waals surface area (Å²) in [6, 6.07) is 16.0. The molecule has 0 aliphatic heterocycles. The first-order valence-electron chi connectivity index (χ1n) is 10.9. The fraction of sp³-hybridized carbons (Fsp3) is 0.440. The van der Waals surface area contributed by atoms with Gasteiger partial charge < -0.3 is 15.2 Å². The van der Waals surface area contributed by atoms with Crippen molar-refractivity contribution in [2.75, 3.05) is 6.61 Å². The number of aliphatic carboxylic acids is 1. The van der Waals surface area contributed by atoms with Gasteiger partial charge in [0.25, 0.3) is 0 Å². The second-order valence-corrected chi connectivity index (χ2v) is 8.50. The Morgan fingerprint density at radius 3 is 2.17 bits per heavy atom. The highest BCUT2D eigenvalue weighted by molar-refractivity contribution is 5.79. The van der Waals surface area contributed by atoms with Crippen LogP contribution in [0.1, 0.15) is 62.0 Å². The number of carbonyl (C=O) groups is 2. The third-order valence-electron chi connectivity index (χ3n) is 6.43. The average molecular weight is 408 g/mol. The van der Waals surface area contributed by atoms with Gasteiger partial charge in [0.15, 0.2) is 0 Å². The number of hydrogen-bond donors (Lipinski definition) is 2. The number of benzene rings is 2. The van der Waals surface area contributed by atoms with Crippen molar-refractivity contribution >= 4 is 12.1 Å². The van der Waals surface area contributed by atoms with Crippen LogP contribution in [0.3, 0.4) is 0 Å².